The maximum Gasteiger partial charge on any atom is 0.416 e. The fourth-order valence-electron chi connectivity index (χ4n) is 1.81. The maximum absolute atomic E-state index is 12.6. The van der Waals surface area contributed by atoms with Crippen molar-refractivity contribution >= 4 is 21.6 Å². The van der Waals surface area contributed by atoms with Crippen molar-refractivity contribution in [2.45, 2.75) is 32.5 Å². The Morgan fingerprint density at radius 2 is 1.95 bits per heavy atom. The average Bonchev–Trinajstić information content (AvgIpc) is 2.29. The van der Waals surface area contributed by atoms with E-state index in [4.69, 9.17) is 5.11 Å². The predicted octanol–water partition coefficient (Wildman–Crippen LogP) is 4.07. The van der Waals surface area contributed by atoms with Crippen LogP contribution in [0.15, 0.2) is 22.7 Å². The van der Waals surface area contributed by atoms with Crippen LogP contribution < -0.4 is 4.90 Å². The van der Waals surface area contributed by atoms with Gasteiger partial charge in [0.25, 0.3) is 0 Å². The Kier molecular flexibility index (Phi) is 5.67. The number of hydrogen-bond donors (Lipinski definition) is 1. The van der Waals surface area contributed by atoms with E-state index < -0.39 is 11.7 Å². The summed E-state index contributed by atoms with van der Waals surface area (Å²) in [5.41, 5.74) is 0.0328. The van der Waals surface area contributed by atoms with Gasteiger partial charge in [0.05, 0.1) is 11.3 Å². The summed E-state index contributed by atoms with van der Waals surface area (Å²) in [7, 11) is 0. The van der Waals surface area contributed by atoms with E-state index in [9.17, 15) is 13.2 Å². The van der Waals surface area contributed by atoms with Crippen LogP contribution in [0.25, 0.3) is 0 Å². The van der Waals surface area contributed by atoms with Crippen molar-refractivity contribution in [3.63, 3.8) is 0 Å². The Labute approximate surface area is 119 Å². The molecule has 0 heterocycles. The molecule has 6 heteroatoms. The first-order chi connectivity index (χ1) is 8.77. The molecule has 0 bridgehead atoms. The molecule has 108 valence electrons. The van der Waals surface area contributed by atoms with Gasteiger partial charge in [-0.05, 0) is 54.4 Å². The van der Waals surface area contributed by atoms with Crippen LogP contribution >= 0.6 is 15.9 Å². The van der Waals surface area contributed by atoms with E-state index in [1.165, 1.54) is 6.07 Å². The summed E-state index contributed by atoms with van der Waals surface area (Å²) in [5.74, 6) is 0. The quantitative estimate of drug-likeness (QED) is 0.874. The standard InChI is InChI=1S/C13H17BrF3NO/c1-9(2)18(6-3-7-19)12-5-4-10(8-11(12)14)13(15,16)17/h4-5,8-9,19H,3,6-7H2,1-2H3. The van der Waals surface area contributed by atoms with E-state index in [0.717, 1.165) is 12.1 Å². The first-order valence-electron chi connectivity index (χ1n) is 6.01. The molecule has 0 atom stereocenters. The number of aliphatic hydroxyl groups is 1. The predicted molar refractivity (Wildman–Crippen MR) is 73.3 cm³/mol. The zero-order valence-corrected chi connectivity index (χ0v) is 12.4. The lowest BCUT2D eigenvalue weighted by molar-refractivity contribution is -0.137. The molecule has 2 nitrogen and oxygen atoms in total. The lowest BCUT2D eigenvalue weighted by Crippen LogP contribution is -2.32. The second kappa shape index (κ2) is 6.61. The van der Waals surface area contributed by atoms with Crippen LogP contribution in [0, 0.1) is 0 Å². The minimum absolute atomic E-state index is 0.0570. The molecule has 1 aromatic carbocycles. The van der Waals surface area contributed by atoms with Gasteiger partial charge in [0, 0.05) is 23.7 Å². The normalized spacial score (nSPS) is 12.0. The summed E-state index contributed by atoms with van der Waals surface area (Å²) in [5, 5.41) is 8.88. The third-order valence-electron chi connectivity index (χ3n) is 2.76. The van der Waals surface area contributed by atoms with Gasteiger partial charge in [-0.25, -0.2) is 0 Å². The van der Waals surface area contributed by atoms with E-state index in [0.29, 0.717) is 23.1 Å². The fraction of sp³-hybridized carbons (Fsp3) is 0.538. The van der Waals surface area contributed by atoms with Crippen molar-refractivity contribution in [3.05, 3.63) is 28.2 Å². The van der Waals surface area contributed by atoms with Crippen LogP contribution in [0.5, 0.6) is 0 Å². The van der Waals surface area contributed by atoms with Crippen LogP contribution in [0.3, 0.4) is 0 Å². The van der Waals surface area contributed by atoms with Crippen LogP contribution in [-0.4, -0.2) is 24.3 Å². The zero-order valence-electron chi connectivity index (χ0n) is 10.8. The molecule has 1 aromatic rings. The molecule has 0 saturated carbocycles. The Morgan fingerprint density at radius 3 is 2.37 bits per heavy atom. The summed E-state index contributed by atoms with van der Waals surface area (Å²) in [6.45, 7) is 4.57. The Morgan fingerprint density at radius 1 is 1.32 bits per heavy atom. The second-order valence-electron chi connectivity index (χ2n) is 4.53. The topological polar surface area (TPSA) is 23.5 Å². The molecule has 1 rings (SSSR count). The molecular formula is C13H17BrF3NO. The lowest BCUT2D eigenvalue weighted by Gasteiger charge is -2.30. The first-order valence-corrected chi connectivity index (χ1v) is 6.81. The average molecular weight is 340 g/mol. The molecule has 0 aliphatic carbocycles. The van der Waals surface area contributed by atoms with Crippen molar-refractivity contribution in [1.82, 2.24) is 0 Å². The second-order valence-corrected chi connectivity index (χ2v) is 5.38. The molecule has 0 fully saturated rings. The third-order valence-corrected chi connectivity index (χ3v) is 3.40. The highest BCUT2D eigenvalue weighted by Gasteiger charge is 2.31. The zero-order chi connectivity index (χ0) is 14.6. The van der Waals surface area contributed by atoms with E-state index in [-0.39, 0.29) is 12.6 Å². The minimum atomic E-state index is -4.34. The first kappa shape index (κ1) is 16.3. The Hall–Kier alpha value is -0.750. The maximum atomic E-state index is 12.6. The number of halogens is 4. The van der Waals surface area contributed by atoms with Crippen LogP contribution in [0.4, 0.5) is 18.9 Å². The SMILES string of the molecule is CC(C)N(CCCO)c1ccc(C(F)(F)F)cc1Br. The van der Waals surface area contributed by atoms with Crippen molar-refractivity contribution in [2.24, 2.45) is 0 Å². The summed E-state index contributed by atoms with van der Waals surface area (Å²) < 4.78 is 38.2. The fourth-order valence-corrected chi connectivity index (χ4v) is 2.42. The van der Waals surface area contributed by atoms with Gasteiger partial charge in [-0.2, -0.15) is 13.2 Å². The van der Waals surface area contributed by atoms with Gasteiger partial charge in [0.15, 0.2) is 0 Å². The summed E-state index contributed by atoms with van der Waals surface area (Å²) in [4.78, 5) is 1.96. The molecule has 1 N–H and O–H groups in total. The minimum Gasteiger partial charge on any atom is -0.396 e. The molecule has 0 amide bonds. The van der Waals surface area contributed by atoms with Crippen molar-refractivity contribution in [2.75, 3.05) is 18.1 Å². The molecule has 19 heavy (non-hydrogen) atoms. The number of benzene rings is 1. The van der Waals surface area contributed by atoms with Gasteiger partial charge in [0.2, 0.25) is 0 Å². The van der Waals surface area contributed by atoms with E-state index in [2.05, 4.69) is 15.9 Å². The van der Waals surface area contributed by atoms with E-state index >= 15 is 0 Å². The van der Waals surface area contributed by atoms with Gasteiger partial charge in [-0.1, -0.05) is 0 Å². The van der Waals surface area contributed by atoms with Crippen molar-refractivity contribution < 1.29 is 18.3 Å². The van der Waals surface area contributed by atoms with Gasteiger partial charge >= 0.3 is 6.18 Å². The van der Waals surface area contributed by atoms with E-state index in [1.807, 2.05) is 18.7 Å². The molecule has 0 aromatic heterocycles. The molecule has 0 aliphatic rings. The highest BCUT2D eigenvalue weighted by atomic mass is 79.9. The monoisotopic (exact) mass is 339 g/mol. The van der Waals surface area contributed by atoms with Crippen LogP contribution in [0.1, 0.15) is 25.8 Å². The lowest BCUT2D eigenvalue weighted by atomic mass is 10.1. The highest BCUT2D eigenvalue weighted by molar-refractivity contribution is 9.10. The molecule has 0 saturated heterocycles. The number of nitrogens with zero attached hydrogens (tertiary/aromatic N) is 1. The van der Waals surface area contributed by atoms with Crippen LogP contribution in [-0.2, 0) is 6.18 Å². The highest BCUT2D eigenvalue weighted by Crippen LogP contribution is 2.35. The van der Waals surface area contributed by atoms with Gasteiger partial charge in [-0.15, -0.1) is 0 Å². The summed E-state index contributed by atoms with van der Waals surface area (Å²) >= 11 is 3.20. The molecular weight excluding hydrogens is 323 g/mol. The van der Waals surface area contributed by atoms with Crippen LogP contribution in [0.2, 0.25) is 0 Å². The largest absolute Gasteiger partial charge is 0.416 e. The van der Waals surface area contributed by atoms with Crippen molar-refractivity contribution in [3.8, 4) is 0 Å². The third kappa shape index (κ3) is 4.38. The molecule has 0 radical (unpaired) electrons. The number of anilines is 1. The number of hydrogen-bond acceptors (Lipinski definition) is 2. The van der Waals surface area contributed by atoms with Crippen molar-refractivity contribution in [1.29, 1.82) is 0 Å². The van der Waals surface area contributed by atoms with Gasteiger partial charge in [0.1, 0.15) is 0 Å². The Balaban J connectivity index is 3.05. The van der Waals surface area contributed by atoms with Gasteiger partial charge in [-0.3, -0.25) is 0 Å². The summed E-state index contributed by atoms with van der Waals surface area (Å²) in [6, 6.07) is 3.77. The number of aliphatic hydroxyl groups excluding tert-OH is 1. The number of alkyl halides is 3. The Bertz CT molecular complexity index is 421. The van der Waals surface area contributed by atoms with Gasteiger partial charge < -0.3 is 10.0 Å². The summed E-state index contributed by atoms with van der Waals surface area (Å²) in [6.07, 6.45) is -3.76. The van der Waals surface area contributed by atoms with E-state index in [1.54, 1.807) is 0 Å². The molecule has 0 aliphatic heterocycles. The smallest absolute Gasteiger partial charge is 0.396 e. The number of rotatable bonds is 5. The molecule has 0 unspecified atom stereocenters. The molecule has 0 spiro atoms.